The minimum atomic E-state index is 0.968. The predicted molar refractivity (Wildman–Crippen MR) is 43.9 cm³/mol. The van der Waals surface area contributed by atoms with E-state index in [0.29, 0.717) is 0 Å². The standard InChI is InChI=1S/C9H19N/c1-3-8(4-2)9-6-5-7-10-9/h8-10H,3-7H2,1-2H3/p+1/t9-/m1/s1. The molecule has 0 amide bonds. The van der Waals surface area contributed by atoms with Gasteiger partial charge in [0.15, 0.2) is 0 Å². The number of nitrogens with two attached hydrogens (primary N) is 1. The van der Waals surface area contributed by atoms with Crippen LogP contribution >= 0.6 is 0 Å². The van der Waals surface area contributed by atoms with Gasteiger partial charge in [0, 0.05) is 18.8 Å². The zero-order chi connectivity index (χ0) is 7.40. The van der Waals surface area contributed by atoms with Gasteiger partial charge < -0.3 is 5.32 Å². The van der Waals surface area contributed by atoms with Crippen LogP contribution in [0.25, 0.3) is 0 Å². The Hall–Kier alpha value is -0.0400. The van der Waals surface area contributed by atoms with E-state index >= 15 is 0 Å². The van der Waals surface area contributed by atoms with E-state index in [0.717, 1.165) is 12.0 Å². The van der Waals surface area contributed by atoms with Gasteiger partial charge >= 0.3 is 0 Å². The maximum absolute atomic E-state index is 2.54. The van der Waals surface area contributed by atoms with Crippen molar-refractivity contribution < 1.29 is 5.32 Å². The van der Waals surface area contributed by atoms with Gasteiger partial charge in [0.05, 0.1) is 12.6 Å². The van der Waals surface area contributed by atoms with Crippen LogP contribution in [0.15, 0.2) is 0 Å². The number of hydrogen-bond donors (Lipinski definition) is 1. The molecule has 1 atom stereocenters. The zero-order valence-corrected chi connectivity index (χ0v) is 7.27. The summed E-state index contributed by atoms with van der Waals surface area (Å²) in [4.78, 5) is 0. The highest BCUT2D eigenvalue weighted by atomic mass is 14.9. The summed E-state index contributed by atoms with van der Waals surface area (Å²) < 4.78 is 0. The van der Waals surface area contributed by atoms with Crippen molar-refractivity contribution >= 4 is 0 Å². The largest absolute Gasteiger partial charge is 0.344 e. The lowest BCUT2D eigenvalue weighted by atomic mass is 9.93. The third kappa shape index (κ3) is 1.72. The highest BCUT2D eigenvalue weighted by Gasteiger charge is 2.24. The Morgan fingerprint density at radius 1 is 1.40 bits per heavy atom. The van der Waals surface area contributed by atoms with Crippen LogP contribution in [-0.2, 0) is 0 Å². The third-order valence-electron chi connectivity index (χ3n) is 2.87. The SMILES string of the molecule is CCC(CC)[C@H]1CCC[NH2+]1. The van der Waals surface area contributed by atoms with Gasteiger partial charge in [0.2, 0.25) is 0 Å². The fourth-order valence-corrected chi connectivity index (χ4v) is 2.13. The van der Waals surface area contributed by atoms with Crippen LogP contribution in [0, 0.1) is 5.92 Å². The van der Waals surface area contributed by atoms with Crippen molar-refractivity contribution in [3.05, 3.63) is 0 Å². The van der Waals surface area contributed by atoms with Crippen molar-refractivity contribution in [3.63, 3.8) is 0 Å². The van der Waals surface area contributed by atoms with Gasteiger partial charge in [-0.25, -0.2) is 0 Å². The Bertz CT molecular complexity index is 80.7. The molecule has 1 heterocycles. The molecule has 0 saturated carbocycles. The van der Waals surface area contributed by atoms with Crippen LogP contribution in [0.5, 0.6) is 0 Å². The summed E-state index contributed by atoms with van der Waals surface area (Å²) in [5.74, 6) is 0.988. The molecular formula is C9H20N+. The molecule has 1 heteroatoms. The highest BCUT2D eigenvalue weighted by molar-refractivity contribution is 4.68. The van der Waals surface area contributed by atoms with Crippen molar-refractivity contribution in [2.75, 3.05) is 6.54 Å². The fraction of sp³-hybridized carbons (Fsp3) is 1.00. The van der Waals surface area contributed by atoms with E-state index in [1.807, 2.05) is 0 Å². The molecule has 1 rings (SSSR count). The van der Waals surface area contributed by atoms with E-state index in [4.69, 9.17) is 0 Å². The Kier molecular flexibility index (Phi) is 3.20. The Morgan fingerprint density at radius 2 is 2.10 bits per heavy atom. The molecule has 10 heavy (non-hydrogen) atoms. The molecule has 2 N–H and O–H groups in total. The Balaban J connectivity index is 2.29. The molecule has 0 radical (unpaired) electrons. The molecular weight excluding hydrogens is 122 g/mol. The van der Waals surface area contributed by atoms with E-state index in [1.165, 1.54) is 32.2 Å². The lowest BCUT2D eigenvalue weighted by Gasteiger charge is -2.16. The van der Waals surface area contributed by atoms with Crippen molar-refractivity contribution in [1.29, 1.82) is 0 Å². The number of hydrogen-bond acceptors (Lipinski definition) is 0. The normalized spacial score (nSPS) is 26.1. The van der Waals surface area contributed by atoms with Crippen molar-refractivity contribution in [2.24, 2.45) is 5.92 Å². The van der Waals surface area contributed by atoms with Crippen LogP contribution in [0.1, 0.15) is 39.5 Å². The lowest BCUT2D eigenvalue weighted by molar-refractivity contribution is -0.676. The minimum Gasteiger partial charge on any atom is -0.344 e. The van der Waals surface area contributed by atoms with Gasteiger partial charge in [-0.2, -0.15) is 0 Å². The molecule has 1 saturated heterocycles. The van der Waals surface area contributed by atoms with Crippen molar-refractivity contribution in [3.8, 4) is 0 Å². The van der Waals surface area contributed by atoms with Gasteiger partial charge in [-0.3, -0.25) is 0 Å². The van der Waals surface area contributed by atoms with Crippen LogP contribution in [0.4, 0.5) is 0 Å². The first-order valence-electron chi connectivity index (χ1n) is 4.71. The topological polar surface area (TPSA) is 16.6 Å². The summed E-state index contributed by atoms with van der Waals surface area (Å²) in [6.07, 6.45) is 5.66. The second-order valence-electron chi connectivity index (χ2n) is 3.41. The second-order valence-corrected chi connectivity index (χ2v) is 3.41. The predicted octanol–water partition coefficient (Wildman–Crippen LogP) is 1.15. The maximum Gasteiger partial charge on any atom is 0.0889 e. The molecule has 1 aliphatic heterocycles. The summed E-state index contributed by atoms with van der Waals surface area (Å²) >= 11 is 0. The summed E-state index contributed by atoms with van der Waals surface area (Å²) in [5, 5.41) is 2.54. The molecule has 0 spiro atoms. The Labute approximate surface area is 64.2 Å². The van der Waals surface area contributed by atoms with Crippen LogP contribution in [-0.4, -0.2) is 12.6 Å². The molecule has 0 aromatic carbocycles. The number of quaternary nitrogens is 1. The third-order valence-corrected chi connectivity index (χ3v) is 2.87. The van der Waals surface area contributed by atoms with Gasteiger partial charge in [0.25, 0.3) is 0 Å². The molecule has 0 unspecified atom stereocenters. The first-order valence-corrected chi connectivity index (χ1v) is 4.71. The summed E-state index contributed by atoms with van der Waals surface area (Å²) in [6.45, 7) is 6.02. The quantitative estimate of drug-likeness (QED) is 0.609. The summed E-state index contributed by atoms with van der Waals surface area (Å²) in [5.41, 5.74) is 0. The average molecular weight is 142 g/mol. The fourth-order valence-electron chi connectivity index (χ4n) is 2.13. The molecule has 0 aliphatic carbocycles. The molecule has 0 aromatic heterocycles. The van der Waals surface area contributed by atoms with E-state index in [9.17, 15) is 0 Å². The van der Waals surface area contributed by atoms with Crippen molar-refractivity contribution in [2.45, 2.75) is 45.6 Å². The van der Waals surface area contributed by atoms with Gasteiger partial charge in [-0.1, -0.05) is 13.8 Å². The van der Waals surface area contributed by atoms with E-state index < -0.39 is 0 Å². The maximum atomic E-state index is 2.54. The van der Waals surface area contributed by atoms with Gasteiger partial charge in [-0.05, 0) is 12.8 Å². The Morgan fingerprint density at radius 3 is 2.50 bits per heavy atom. The average Bonchev–Trinajstić information content (AvgIpc) is 2.43. The van der Waals surface area contributed by atoms with Crippen LogP contribution in [0.3, 0.4) is 0 Å². The first-order chi connectivity index (χ1) is 4.88. The molecule has 0 bridgehead atoms. The molecule has 1 nitrogen and oxygen atoms in total. The molecule has 1 aliphatic rings. The zero-order valence-electron chi connectivity index (χ0n) is 7.27. The van der Waals surface area contributed by atoms with E-state index in [2.05, 4.69) is 19.2 Å². The lowest BCUT2D eigenvalue weighted by Crippen LogP contribution is -2.88. The van der Waals surface area contributed by atoms with Gasteiger partial charge in [0.1, 0.15) is 0 Å². The first kappa shape index (κ1) is 8.06. The molecule has 0 aromatic rings. The van der Waals surface area contributed by atoms with Crippen molar-refractivity contribution in [1.82, 2.24) is 0 Å². The molecule has 1 fully saturated rings. The van der Waals surface area contributed by atoms with Crippen LogP contribution in [0.2, 0.25) is 0 Å². The monoisotopic (exact) mass is 142 g/mol. The van der Waals surface area contributed by atoms with Crippen LogP contribution < -0.4 is 5.32 Å². The second kappa shape index (κ2) is 3.97. The van der Waals surface area contributed by atoms with E-state index in [1.54, 1.807) is 0 Å². The summed E-state index contributed by atoms with van der Waals surface area (Å²) in [7, 11) is 0. The number of rotatable bonds is 3. The minimum absolute atomic E-state index is 0.968. The smallest absolute Gasteiger partial charge is 0.0889 e. The molecule has 60 valence electrons. The highest BCUT2D eigenvalue weighted by Crippen LogP contribution is 2.15. The van der Waals surface area contributed by atoms with Gasteiger partial charge in [-0.15, -0.1) is 0 Å². The summed E-state index contributed by atoms with van der Waals surface area (Å²) in [6, 6.07) is 0.968. The van der Waals surface area contributed by atoms with E-state index in [-0.39, 0.29) is 0 Å².